The Morgan fingerprint density at radius 2 is 1.47 bits per heavy atom. The molecule has 3 aromatic carbocycles. The first-order valence-electron chi connectivity index (χ1n) is 11.6. The number of anilines is 3. The molecule has 0 unspecified atom stereocenters. The number of aromatic nitrogens is 2. The van der Waals surface area contributed by atoms with Gasteiger partial charge in [-0.1, -0.05) is 0 Å². The van der Waals surface area contributed by atoms with E-state index in [0.29, 0.717) is 34.2 Å². The second-order valence-corrected chi connectivity index (χ2v) is 10.3. The van der Waals surface area contributed by atoms with Gasteiger partial charge in [0.1, 0.15) is 5.82 Å². The zero-order valence-electron chi connectivity index (χ0n) is 21.1. The Bertz CT molecular complexity index is 1470. The zero-order chi connectivity index (χ0) is 25.9. The molecule has 4 rings (SSSR count). The van der Waals surface area contributed by atoms with Crippen LogP contribution in [-0.2, 0) is 9.84 Å². The van der Waals surface area contributed by atoms with E-state index in [4.69, 9.17) is 19.4 Å². The highest BCUT2D eigenvalue weighted by molar-refractivity contribution is 7.90. The first-order valence-corrected chi connectivity index (χ1v) is 13.5. The lowest BCUT2D eigenvalue weighted by molar-refractivity contribution is 0.356. The topological polar surface area (TPSA) is 93.7 Å². The van der Waals surface area contributed by atoms with Gasteiger partial charge in [-0.05, 0) is 68.4 Å². The van der Waals surface area contributed by atoms with Crippen LogP contribution in [-0.4, -0.2) is 52.0 Å². The average molecular weight is 507 g/mol. The van der Waals surface area contributed by atoms with Crippen molar-refractivity contribution in [1.82, 2.24) is 9.97 Å². The maximum absolute atomic E-state index is 11.9. The second-order valence-electron chi connectivity index (χ2n) is 8.26. The fraction of sp³-hybridized carbons (Fsp3) is 0.259. The molecule has 0 saturated carbocycles. The molecular weight excluding hydrogens is 476 g/mol. The van der Waals surface area contributed by atoms with E-state index in [1.54, 1.807) is 44.6 Å². The van der Waals surface area contributed by atoms with Crippen molar-refractivity contribution in [3.8, 4) is 22.9 Å². The predicted octanol–water partition coefficient (Wildman–Crippen LogP) is 5.31. The van der Waals surface area contributed by atoms with Crippen molar-refractivity contribution >= 4 is 37.9 Å². The molecule has 1 aromatic heterocycles. The van der Waals surface area contributed by atoms with Crippen molar-refractivity contribution in [1.29, 1.82) is 0 Å². The number of benzene rings is 3. The summed E-state index contributed by atoms with van der Waals surface area (Å²) in [4.78, 5) is 12.1. The molecule has 9 heteroatoms. The van der Waals surface area contributed by atoms with Crippen LogP contribution in [0.25, 0.3) is 22.3 Å². The van der Waals surface area contributed by atoms with Gasteiger partial charge in [-0.2, -0.15) is 0 Å². The van der Waals surface area contributed by atoms with Crippen molar-refractivity contribution in [2.75, 3.05) is 43.8 Å². The molecule has 0 amide bonds. The largest absolute Gasteiger partial charge is 0.493 e. The van der Waals surface area contributed by atoms with Crippen LogP contribution in [0, 0.1) is 0 Å². The Kier molecular flexibility index (Phi) is 7.30. The molecule has 0 aliphatic carbocycles. The fourth-order valence-corrected chi connectivity index (χ4v) is 4.64. The summed E-state index contributed by atoms with van der Waals surface area (Å²) in [5, 5.41) is 4.18. The number of ether oxygens (including phenoxy) is 2. The lowest BCUT2D eigenvalue weighted by atomic mass is 10.1. The lowest BCUT2D eigenvalue weighted by Crippen LogP contribution is -2.21. The highest BCUT2D eigenvalue weighted by Crippen LogP contribution is 2.36. The number of rotatable bonds is 9. The number of hydrogen-bond donors (Lipinski definition) is 1. The molecular formula is C27H30N4O4S. The van der Waals surface area contributed by atoms with Crippen molar-refractivity contribution in [2.45, 2.75) is 18.7 Å². The molecule has 0 fully saturated rings. The summed E-state index contributed by atoms with van der Waals surface area (Å²) >= 11 is 0. The smallest absolute Gasteiger partial charge is 0.175 e. The van der Waals surface area contributed by atoms with Gasteiger partial charge in [-0.25, -0.2) is 18.4 Å². The third-order valence-corrected chi connectivity index (χ3v) is 7.13. The quantitative estimate of drug-likeness (QED) is 0.327. The molecule has 0 saturated heterocycles. The van der Waals surface area contributed by atoms with E-state index in [-0.39, 0.29) is 4.90 Å². The third kappa shape index (κ3) is 5.21. The van der Waals surface area contributed by atoms with Gasteiger partial charge in [-0.3, -0.25) is 0 Å². The van der Waals surface area contributed by atoms with Crippen LogP contribution in [0.15, 0.2) is 65.6 Å². The van der Waals surface area contributed by atoms with Crippen LogP contribution in [0.5, 0.6) is 11.5 Å². The van der Waals surface area contributed by atoms with E-state index in [9.17, 15) is 8.42 Å². The minimum atomic E-state index is -3.30. The number of hydrogen-bond acceptors (Lipinski definition) is 8. The maximum atomic E-state index is 11.9. The predicted molar refractivity (Wildman–Crippen MR) is 144 cm³/mol. The van der Waals surface area contributed by atoms with E-state index in [2.05, 4.69) is 36.2 Å². The molecule has 4 aromatic rings. The minimum Gasteiger partial charge on any atom is -0.493 e. The third-order valence-electron chi connectivity index (χ3n) is 6.00. The molecule has 1 N–H and O–H groups in total. The minimum absolute atomic E-state index is 0.241. The Hall–Kier alpha value is -3.85. The summed E-state index contributed by atoms with van der Waals surface area (Å²) in [5.41, 5.74) is 3.38. The Balaban J connectivity index is 1.82. The Labute approximate surface area is 211 Å². The second kappa shape index (κ2) is 10.4. The highest BCUT2D eigenvalue weighted by Gasteiger charge is 2.16. The molecule has 0 aliphatic rings. The SMILES string of the molecule is CCN(CC)c1ccc(Nc2nc(-c3ccc(S(C)(=O)=O)cc3)nc3cc(OC)c(OC)cc23)cc1. The number of nitrogens with zero attached hydrogens (tertiary/aromatic N) is 3. The molecule has 0 bridgehead atoms. The summed E-state index contributed by atoms with van der Waals surface area (Å²) in [6.45, 7) is 6.13. The summed E-state index contributed by atoms with van der Waals surface area (Å²) in [7, 11) is -0.142. The number of nitrogens with one attached hydrogen (secondary N) is 1. The van der Waals surface area contributed by atoms with Gasteiger partial charge in [0.2, 0.25) is 0 Å². The summed E-state index contributed by atoms with van der Waals surface area (Å²) in [6.07, 6.45) is 1.18. The fourth-order valence-electron chi connectivity index (χ4n) is 4.01. The van der Waals surface area contributed by atoms with E-state index in [1.807, 2.05) is 18.2 Å². The zero-order valence-corrected chi connectivity index (χ0v) is 21.9. The molecule has 8 nitrogen and oxygen atoms in total. The molecule has 188 valence electrons. The Morgan fingerprint density at radius 1 is 0.861 bits per heavy atom. The first kappa shape index (κ1) is 25.2. The number of sulfone groups is 1. The van der Waals surface area contributed by atoms with Crippen molar-refractivity contribution in [3.05, 3.63) is 60.7 Å². The van der Waals surface area contributed by atoms with Crippen LogP contribution in [0.2, 0.25) is 0 Å². The average Bonchev–Trinajstić information content (AvgIpc) is 2.89. The van der Waals surface area contributed by atoms with Crippen LogP contribution in [0.3, 0.4) is 0 Å². The van der Waals surface area contributed by atoms with Crippen molar-refractivity contribution < 1.29 is 17.9 Å². The van der Waals surface area contributed by atoms with Crippen molar-refractivity contribution in [2.24, 2.45) is 0 Å². The van der Waals surface area contributed by atoms with Crippen LogP contribution in [0.1, 0.15) is 13.8 Å². The van der Waals surface area contributed by atoms with Crippen LogP contribution < -0.4 is 19.7 Å². The maximum Gasteiger partial charge on any atom is 0.175 e. The summed E-state index contributed by atoms with van der Waals surface area (Å²) in [6, 6.07) is 18.4. The molecule has 0 spiro atoms. The lowest BCUT2D eigenvalue weighted by Gasteiger charge is -2.21. The van der Waals surface area contributed by atoms with Gasteiger partial charge in [0, 0.05) is 47.7 Å². The van der Waals surface area contributed by atoms with Crippen LogP contribution in [0.4, 0.5) is 17.2 Å². The highest BCUT2D eigenvalue weighted by atomic mass is 32.2. The van der Waals surface area contributed by atoms with E-state index < -0.39 is 9.84 Å². The van der Waals surface area contributed by atoms with E-state index in [1.165, 1.54) is 6.26 Å². The monoisotopic (exact) mass is 506 g/mol. The van der Waals surface area contributed by atoms with E-state index in [0.717, 1.165) is 29.9 Å². The molecule has 0 radical (unpaired) electrons. The number of methoxy groups -OCH3 is 2. The molecule has 1 heterocycles. The van der Waals surface area contributed by atoms with E-state index >= 15 is 0 Å². The van der Waals surface area contributed by atoms with Gasteiger partial charge in [-0.15, -0.1) is 0 Å². The Morgan fingerprint density at radius 3 is 2.03 bits per heavy atom. The molecule has 0 aliphatic heterocycles. The van der Waals surface area contributed by atoms with Gasteiger partial charge in [0.25, 0.3) is 0 Å². The van der Waals surface area contributed by atoms with Crippen LogP contribution >= 0.6 is 0 Å². The van der Waals surface area contributed by atoms with Gasteiger partial charge < -0.3 is 19.7 Å². The number of fused-ring (bicyclic) bond motifs is 1. The van der Waals surface area contributed by atoms with Gasteiger partial charge >= 0.3 is 0 Å². The first-order chi connectivity index (χ1) is 17.3. The summed E-state index contributed by atoms with van der Waals surface area (Å²) in [5.74, 6) is 2.17. The standard InChI is InChI=1S/C27H30N4O4S/c1-6-31(7-2)20-12-10-19(11-13-20)28-27-22-16-24(34-3)25(35-4)17-23(22)29-26(30-27)18-8-14-21(15-9-18)36(5,32)33/h8-17H,6-7H2,1-5H3,(H,28,29,30). The van der Waals surface area contributed by atoms with Gasteiger partial charge in [0.05, 0.1) is 24.6 Å². The molecule has 0 atom stereocenters. The molecule has 36 heavy (non-hydrogen) atoms. The normalized spacial score (nSPS) is 11.4. The van der Waals surface area contributed by atoms with Crippen molar-refractivity contribution in [3.63, 3.8) is 0 Å². The summed E-state index contributed by atoms with van der Waals surface area (Å²) < 4.78 is 34.7. The van der Waals surface area contributed by atoms with Gasteiger partial charge in [0.15, 0.2) is 27.2 Å².